The highest BCUT2D eigenvalue weighted by Gasteiger charge is 2.20. The van der Waals surface area contributed by atoms with Crippen molar-refractivity contribution in [2.45, 2.75) is 32.9 Å². The summed E-state index contributed by atoms with van der Waals surface area (Å²) in [6.45, 7) is 6.54. The number of hydrogen-bond acceptors (Lipinski definition) is 2. The van der Waals surface area contributed by atoms with E-state index in [9.17, 15) is 9.90 Å². The molecular weight excluding hydrogens is 264 g/mol. The average Bonchev–Trinajstić information content (AvgIpc) is 2.34. The van der Waals surface area contributed by atoms with Gasteiger partial charge in [-0.25, -0.2) is 4.79 Å². The maximum Gasteiger partial charge on any atom is 0.317 e. The normalized spacial score (nSPS) is 11.2. The largest absolute Gasteiger partial charge is 0.389 e. The Hall–Kier alpha value is -1.26. The van der Waals surface area contributed by atoms with Crippen molar-refractivity contribution in [3.63, 3.8) is 0 Å². The minimum Gasteiger partial charge on any atom is -0.389 e. The lowest BCUT2D eigenvalue weighted by atomic mass is 10.1. The van der Waals surface area contributed by atoms with E-state index in [4.69, 9.17) is 11.6 Å². The van der Waals surface area contributed by atoms with Crippen molar-refractivity contribution >= 4 is 17.6 Å². The lowest BCUT2D eigenvalue weighted by molar-refractivity contribution is 0.0480. The molecule has 0 fully saturated rings. The van der Waals surface area contributed by atoms with E-state index in [0.717, 1.165) is 5.56 Å². The highest BCUT2D eigenvalue weighted by molar-refractivity contribution is 6.30. The first-order valence-electron chi connectivity index (χ1n) is 6.31. The standard InChI is InChI=1S/C14H21ClN2O2/c1-4-17(10-14(2,3)19)13(18)16-9-11-5-7-12(15)8-6-11/h5-8,19H,4,9-10H2,1-3H3,(H,16,18). The molecule has 2 N–H and O–H groups in total. The van der Waals surface area contributed by atoms with Crippen LogP contribution < -0.4 is 5.32 Å². The SMILES string of the molecule is CCN(CC(C)(C)O)C(=O)NCc1ccc(Cl)cc1. The fourth-order valence-electron chi connectivity index (χ4n) is 1.69. The van der Waals surface area contributed by atoms with Gasteiger partial charge in [-0.1, -0.05) is 23.7 Å². The van der Waals surface area contributed by atoms with Gasteiger partial charge < -0.3 is 15.3 Å². The van der Waals surface area contributed by atoms with E-state index < -0.39 is 5.60 Å². The minimum absolute atomic E-state index is 0.181. The summed E-state index contributed by atoms with van der Waals surface area (Å²) < 4.78 is 0. The highest BCUT2D eigenvalue weighted by atomic mass is 35.5. The molecule has 0 spiro atoms. The third-order valence-electron chi connectivity index (χ3n) is 2.60. The highest BCUT2D eigenvalue weighted by Crippen LogP contribution is 2.09. The van der Waals surface area contributed by atoms with Crippen molar-refractivity contribution in [2.75, 3.05) is 13.1 Å². The molecule has 0 aliphatic carbocycles. The summed E-state index contributed by atoms with van der Waals surface area (Å²) >= 11 is 5.80. The van der Waals surface area contributed by atoms with E-state index in [1.165, 1.54) is 0 Å². The number of urea groups is 1. The molecule has 106 valence electrons. The Bertz CT molecular complexity index is 412. The molecule has 0 atom stereocenters. The summed E-state index contributed by atoms with van der Waals surface area (Å²) in [5.74, 6) is 0. The molecule has 4 nitrogen and oxygen atoms in total. The Morgan fingerprint density at radius 3 is 2.42 bits per heavy atom. The molecule has 0 aromatic heterocycles. The van der Waals surface area contributed by atoms with E-state index in [0.29, 0.717) is 24.7 Å². The fourth-order valence-corrected chi connectivity index (χ4v) is 1.81. The van der Waals surface area contributed by atoms with Crippen LogP contribution in [0.2, 0.25) is 5.02 Å². The molecule has 1 aromatic rings. The Labute approximate surface area is 119 Å². The summed E-state index contributed by atoms with van der Waals surface area (Å²) in [5, 5.41) is 13.2. The molecule has 0 aliphatic heterocycles. The maximum absolute atomic E-state index is 12.0. The van der Waals surface area contributed by atoms with Gasteiger partial charge in [0, 0.05) is 18.1 Å². The number of nitrogens with zero attached hydrogens (tertiary/aromatic N) is 1. The van der Waals surface area contributed by atoms with Gasteiger partial charge in [0.05, 0.1) is 12.1 Å². The Morgan fingerprint density at radius 2 is 1.95 bits per heavy atom. The quantitative estimate of drug-likeness (QED) is 0.873. The second kappa shape index (κ2) is 6.78. The number of rotatable bonds is 5. The number of aliphatic hydroxyl groups is 1. The number of halogens is 1. The van der Waals surface area contributed by atoms with Crippen molar-refractivity contribution in [1.82, 2.24) is 10.2 Å². The fraction of sp³-hybridized carbons (Fsp3) is 0.500. The number of carbonyl (C=O) groups is 1. The van der Waals surface area contributed by atoms with Gasteiger partial charge in [0.15, 0.2) is 0 Å². The number of likely N-dealkylation sites (N-methyl/N-ethyl adjacent to an activating group) is 1. The van der Waals surface area contributed by atoms with Crippen LogP contribution in [0.5, 0.6) is 0 Å². The average molecular weight is 285 g/mol. The van der Waals surface area contributed by atoms with Gasteiger partial charge in [0.25, 0.3) is 0 Å². The lowest BCUT2D eigenvalue weighted by Gasteiger charge is -2.28. The monoisotopic (exact) mass is 284 g/mol. The van der Waals surface area contributed by atoms with Crippen LogP contribution in [0.1, 0.15) is 26.3 Å². The van der Waals surface area contributed by atoms with Gasteiger partial charge in [-0.3, -0.25) is 0 Å². The Morgan fingerprint density at radius 1 is 1.37 bits per heavy atom. The molecule has 19 heavy (non-hydrogen) atoms. The van der Waals surface area contributed by atoms with E-state index in [-0.39, 0.29) is 6.03 Å². The van der Waals surface area contributed by atoms with Gasteiger partial charge in [-0.05, 0) is 38.5 Å². The van der Waals surface area contributed by atoms with Crippen molar-refractivity contribution < 1.29 is 9.90 Å². The molecule has 5 heteroatoms. The summed E-state index contributed by atoms with van der Waals surface area (Å²) in [4.78, 5) is 13.5. The zero-order valence-corrected chi connectivity index (χ0v) is 12.4. The zero-order valence-electron chi connectivity index (χ0n) is 11.6. The van der Waals surface area contributed by atoms with Gasteiger partial charge in [-0.2, -0.15) is 0 Å². The van der Waals surface area contributed by atoms with Crippen LogP contribution in [-0.2, 0) is 6.54 Å². The number of nitrogens with one attached hydrogen (secondary N) is 1. The zero-order chi connectivity index (χ0) is 14.5. The smallest absolute Gasteiger partial charge is 0.317 e. The first-order valence-corrected chi connectivity index (χ1v) is 6.69. The molecule has 2 amide bonds. The summed E-state index contributed by atoms with van der Waals surface area (Å²) in [6.07, 6.45) is 0. The lowest BCUT2D eigenvalue weighted by Crippen LogP contribution is -2.46. The van der Waals surface area contributed by atoms with Crippen LogP contribution in [0.15, 0.2) is 24.3 Å². The van der Waals surface area contributed by atoms with Crippen LogP contribution >= 0.6 is 11.6 Å². The van der Waals surface area contributed by atoms with Crippen molar-refractivity contribution in [3.8, 4) is 0 Å². The van der Waals surface area contributed by atoms with E-state index in [1.54, 1.807) is 30.9 Å². The molecule has 0 saturated carbocycles. The van der Waals surface area contributed by atoms with Crippen molar-refractivity contribution in [3.05, 3.63) is 34.9 Å². The molecule has 1 aromatic carbocycles. The number of amides is 2. The Balaban J connectivity index is 2.51. The minimum atomic E-state index is -0.895. The van der Waals surface area contributed by atoms with Gasteiger partial charge in [0.2, 0.25) is 0 Å². The molecule has 0 unspecified atom stereocenters. The molecule has 0 radical (unpaired) electrons. The third kappa shape index (κ3) is 5.94. The molecule has 0 saturated heterocycles. The number of hydrogen-bond donors (Lipinski definition) is 2. The van der Waals surface area contributed by atoms with Gasteiger partial charge in [0.1, 0.15) is 0 Å². The second-order valence-corrected chi connectivity index (χ2v) is 5.55. The Kier molecular flexibility index (Phi) is 5.63. The maximum atomic E-state index is 12.0. The molecule has 0 aliphatic rings. The molecular formula is C14H21ClN2O2. The topological polar surface area (TPSA) is 52.6 Å². The van der Waals surface area contributed by atoms with Crippen LogP contribution in [0.25, 0.3) is 0 Å². The van der Waals surface area contributed by atoms with Crippen LogP contribution in [0, 0.1) is 0 Å². The predicted octanol–water partition coefficient (Wildman–Crippen LogP) is 2.64. The van der Waals surface area contributed by atoms with Crippen molar-refractivity contribution in [2.24, 2.45) is 0 Å². The van der Waals surface area contributed by atoms with E-state index in [1.807, 2.05) is 19.1 Å². The van der Waals surface area contributed by atoms with Crippen LogP contribution in [0.4, 0.5) is 4.79 Å². The molecule has 1 rings (SSSR count). The van der Waals surface area contributed by atoms with E-state index >= 15 is 0 Å². The van der Waals surface area contributed by atoms with E-state index in [2.05, 4.69) is 5.32 Å². The van der Waals surface area contributed by atoms with Gasteiger partial charge >= 0.3 is 6.03 Å². The summed E-state index contributed by atoms with van der Waals surface area (Å²) in [6, 6.07) is 7.14. The first-order chi connectivity index (χ1) is 8.81. The summed E-state index contributed by atoms with van der Waals surface area (Å²) in [7, 11) is 0. The third-order valence-corrected chi connectivity index (χ3v) is 2.86. The predicted molar refractivity (Wildman–Crippen MR) is 77.2 cm³/mol. The summed E-state index contributed by atoms with van der Waals surface area (Å²) in [5.41, 5.74) is 0.0882. The molecule has 0 bridgehead atoms. The van der Waals surface area contributed by atoms with Gasteiger partial charge in [-0.15, -0.1) is 0 Å². The second-order valence-electron chi connectivity index (χ2n) is 5.11. The van der Waals surface area contributed by atoms with Crippen LogP contribution in [-0.4, -0.2) is 34.7 Å². The first kappa shape index (κ1) is 15.8. The molecule has 0 heterocycles. The van der Waals surface area contributed by atoms with Crippen molar-refractivity contribution in [1.29, 1.82) is 0 Å². The number of carbonyl (C=O) groups excluding carboxylic acids is 1. The number of benzene rings is 1. The van der Waals surface area contributed by atoms with Crippen LogP contribution in [0.3, 0.4) is 0 Å².